The highest BCUT2D eigenvalue weighted by molar-refractivity contribution is 7.85. The van der Waals surface area contributed by atoms with Crippen molar-refractivity contribution in [2.24, 2.45) is 5.92 Å². The Morgan fingerprint density at radius 2 is 1.93 bits per heavy atom. The number of halogens is 2. The number of H-pyrrole nitrogens is 1. The quantitative estimate of drug-likeness (QED) is 0.597. The van der Waals surface area contributed by atoms with Crippen molar-refractivity contribution in [1.82, 2.24) is 9.88 Å². The van der Waals surface area contributed by atoms with Crippen molar-refractivity contribution >= 4 is 45.1 Å². The maximum Gasteiger partial charge on any atom is 0.417 e. The molecular weight excluding hydrogens is 431 g/mol. The number of likely N-dealkylation sites (tertiary alicyclic amines) is 1. The average Bonchev–Trinajstić information content (AvgIpc) is 3.08. The van der Waals surface area contributed by atoms with Gasteiger partial charge in [-0.3, -0.25) is 9.19 Å². The van der Waals surface area contributed by atoms with Crippen LogP contribution in [0.15, 0.2) is 50.5 Å². The number of hydrogen-bond donors (Lipinski definition) is 1. The maximum absolute atomic E-state index is 12.6. The van der Waals surface area contributed by atoms with Crippen LogP contribution >= 0.6 is 23.2 Å². The van der Waals surface area contributed by atoms with Crippen molar-refractivity contribution in [2.75, 3.05) is 25.4 Å². The number of aromatic nitrogens is 1. The summed E-state index contributed by atoms with van der Waals surface area (Å²) in [5.41, 5.74) is 2.23. The molecule has 1 atom stereocenters. The van der Waals surface area contributed by atoms with E-state index in [4.69, 9.17) is 27.6 Å². The van der Waals surface area contributed by atoms with Gasteiger partial charge in [-0.1, -0.05) is 29.3 Å². The lowest BCUT2D eigenvalue weighted by atomic mass is 9.90. The average molecular weight is 453 g/mol. The van der Waals surface area contributed by atoms with Gasteiger partial charge in [0.15, 0.2) is 5.58 Å². The van der Waals surface area contributed by atoms with Gasteiger partial charge in [0.25, 0.3) is 0 Å². The molecule has 1 fully saturated rings. The minimum Gasteiger partial charge on any atom is -0.408 e. The van der Waals surface area contributed by atoms with Gasteiger partial charge in [0.1, 0.15) is 0 Å². The first-order valence-electron chi connectivity index (χ1n) is 9.65. The largest absolute Gasteiger partial charge is 0.417 e. The molecule has 0 radical (unpaired) electrons. The summed E-state index contributed by atoms with van der Waals surface area (Å²) < 4.78 is 17.7. The monoisotopic (exact) mass is 452 g/mol. The second-order valence-electron chi connectivity index (χ2n) is 7.45. The van der Waals surface area contributed by atoms with E-state index in [1.165, 1.54) is 0 Å². The smallest absolute Gasteiger partial charge is 0.408 e. The van der Waals surface area contributed by atoms with Crippen LogP contribution in [0.1, 0.15) is 18.4 Å². The van der Waals surface area contributed by atoms with Gasteiger partial charge < -0.3 is 9.32 Å². The zero-order valence-electron chi connectivity index (χ0n) is 15.8. The van der Waals surface area contributed by atoms with Crippen molar-refractivity contribution in [1.29, 1.82) is 0 Å². The standard InChI is InChI=1S/C21H22Cl2N2O3S/c22-16-2-1-15(18(23)12-16)11-14-5-7-25(8-6-14)9-10-29(27)17-3-4-19-20(13-17)28-21(26)24-19/h1-4,12-14H,5-11H2,(H,24,26). The lowest BCUT2D eigenvalue weighted by molar-refractivity contribution is 0.193. The molecule has 3 aromatic rings. The van der Waals surface area contributed by atoms with Crippen LogP contribution < -0.4 is 5.76 Å². The Hall–Kier alpha value is -1.60. The van der Waals surface area contributed by atoms with Gasteiger partial charge in [0.05, 0.1) is 16.3 Å². The van der Waals surface area contributed by atoms with Crippen molar-refractivity contribution < 1.29 is 8.63 Å². The summed E-state index contributed by atoms with van der Waals surface area (Å²) in [7, 11) is -1.13. The number of oxazole rings is 1. The molecule has 4 rings (SSSR count). The van der Waals surface area contributed by atoms with E-state index >= 15 is 0 Å². The third-order valence-electron chi connectivity index (χ3n) is 5.48. The molecule has 1 aromatic heterocycles. The first kappa shape index (κ1) is 20.7. The van der Waals surface area contributed by atoms with E-state index in [2.05, 4.69) is 9.88 Å². The van der Waals surface area contributed by atoms with Crippen LogP contribution in [-0.2, 0) is 17.2 Å². The van der Waals surface area contributed by atoms with Crippen LogP contribution in [0.4, 0.5) is 0 Å². The highest BCUT2D eigenvalue weighted by Gasteiger charge is 2.21. The molecule has 5 nitrogen and oxygen atoms in total. The maximum atomic E-state index is 12.6. The molecule has 154 valence electrons. The van der Waals surface area contributed by atoms with Gasteiger partial charge in [-0.2, -0.15) is 0 Å². The summed E-state index contributed by atoms with van der Waals surface area (Å²) >= 11 is 12.3. The molecule has 0 spiro atoms. The fourth-order valence-corrected chi connectivity index (χ4v) is 5.41. The summed E-state index contributed by atoms with van der Waals surface area (Å²) in [5, 5.41) is 1.41. The summed E-state index contributed by atoms with van der Waals surface area (Å²) in [6.07, 6.45) is 3.18. The molecule has 1 unspecified atom stereocenters. The van der Waals surface area contributed by atoms with E-state index in [9.17, 15) is 9.00 Å². The molecule has 2 heterocycles. The zero-order chi connectivity index (χ0) is 20.4. The Morgan fingerprint density at radius 3 is 2.69 bits per heavy atom. The van der Waals surface area contributed by atoms with Crippen molar-refractivity contribution in [3.63, 3.8) is 0 Å². The number of fused-ring (bicyclic) bond motifs is 1. The van der Waals surface area contributed by atoms with E-state index < -0.39 is 16.6 Å². The summed E-state index contributed by atoms with van der Waals surface area (Å²) in [6, 6.07) is 10.9. The Bertz CT molecular complexity index is 1090. The summed E-state index contributed by atoms with van der Waals surface area (Å²) in [5.74, 6) is 0.674. The van der Waals surface area contributed by atoms with Crippen LogP contribution in [0.5, 0.6) is 0 Å². The number of aromatic amines is 1. The van der Waals surface area contributed by atoms with Gasteiger partial charge in [-0.25, -0.2) is 4.79 Å². The molecule has 0 aliphatic carbocycles. The highest BCUT2D eigenvalue weighted by atomic mass is 35.5. The number of rotatable bonds is 6. The second-order valence-corrected chi connectivity index (χ2v) is 9.86. The Morgan fingerprint density at radius 1 is 1.14 bits per heavy atom. The van der Waals surface area contributed by atoms with Crippen molar-refractivity contribution in [3.8, 4) is 0 Å². The number of benzene rings is 2. The van der Waals surface area contributed by atoms with Gasteiger partial charge in [0, 0.05) is 27.2 Å². The number of nitrogens with one attached hydrogen (secondary N) is 1. The fraction of sp³-hybridized carbons (Fsp3) is 0.381. The lowest BCUT2D eigenvalue weighted by Gasteiger charge is -2.32. The summed E-state index contributed by atoms with van der Waals surface area (Å²) in [6.45, 7) is 2.79. The van der Waals surface area contributed by atoms with Crippen molar-refractivity contribution in [3.05, 3.63) is 62.6 Å². The fourth-order valence-electron chi connectivity index (χ4n) is 3.81. The van der Waals surface area contributed by atoms with E-state index in [0.29, 0.717) is 32.7 Å². The van der Waals surface area contributed by atoms with E-state index in [1.54, 1.807) is 24.3 Å². The molecule has 1 saturated heterocycles. The topological polar surface area (TPSA) is 66.3 Å². The zero-order valence-corrected chi connectivity index (χ0v) is 18.2. The third kappa shape index (κ3) is 5.12. The van der Waals surface area contributed by atoms with E-state index in [-0.39, 0.29) is 0 Å². The molecular formula is C21H22Cl2N2O3S. The molecule has 8 heteroatoms. The second kappa shape index (κ2) is 9.04. The van der Waals surface area contributed by atoms with Gasteiger partial charge >= 0.3 is 5.76 Å². The van der Waals surface area contributed by atoms with E-state index in [1.807, 2.05) is 12.1 Å². The van der Waals surface area contributed by atoms with Crippen LogP contribution in [0, 0.1) is 5.92 Å². The third-order valence-corrected chi connectivity index (χ3v) is 7.40. The predicted octanol–water partition coefficient (Wildman–Crippen LogP) is 4.49. The molecule has 0 saturated carbocycles. The van der Waals surface area contributed by atoms with Crippen LogP contribution in [0.25, 0.3) is 11.1 Å². The number of nitrogens with zero attached hydrogens (tertiary/aromatic N) is 1. The van der Waals surface area contributed by atoms with Gasteiger partial charge in [-0.15, -0.1) is 0 Å². The van der Waals surface area contributed by atoms with Gasteiger partial charge in [-0.05, 0) is 74.2 Å². The van der Waals surface area contributed by atoms with E-state index in [0.717, 1.165) is 49.5 Å². The Labute approximate surface area is 181 Å². The van der Waals surface area contributed by atoms with Gasteiger partial charge in [0.2, 0.25) is 0 Å². The molecule has 0 amide bonds. The highest BCUT2D eigenvalue weighted by Crippen LogP contribution is 2.27. The molecule has 29 heavy (non-hydrogen) atoms. The minimum atomic E-state index is -1.13. The summed E-state index contributed by atoms with van der Waals surface area (Å²) in [4.78, 5) is 16.9. The molecule has 2 aromatic carbocycles. The van der Waals surface area contributed by atoms with Crippen LogP contribution in [0.3, 0.4) is 0 Å². The Balaban J connectivity index is 1.27. The molecule has 1 N–H and O–H groups in total. The number of piperidine rings is 1. The normalized spacial score (nSPS) is 17.0. The van der Waals surface area contributed by atoms with Crippen LogP contribution in [0.2, 0.25) is 10.0 Å². The number of hydrogen-bond acceptors (Lipinski definition) is 4. The minimum absolute atomic E-state index is 0.447. The van der Waals surface area contributed by atoms with Crippen LogP contribution in [-0.4, -0.2) is 39.5 Å². The first-order chi connectivity index (χ1) is 14.0. The molecule has 1 aliphatic heterocycles. The Kier molecular flexibility index (Phi) is 6.44. The molecule has 1 aliphatic rings. The SMILES string of the molecule is O=c1[nH]c2ccc(S(=O)CCN3CCC(Cc4ccc(Cl)cc4Cl)CC3)cc2o1. The van der Waals surface area contributed by atoms with Crippen molar-refractivity contribution in [2.45, 2.75) is 24.2 Å². The molecule has 0 bridgehead atoms. The predicted molar refractivity (Wildman–Crippen MR) is 117 cm³/mol. The first-order valence-corrected chi connectivity index (χ1v) is 11.7. The lowest BCUT2D eigenvalue weighted by Crippen LogP contribution is -2.36.